The minimum atomic E-state index is -1.10. The fourth-order valence-corrected chi connectivity index (χ4v) is 1.72. The van der Waals surface area contributed by atoms with E-state index in [1.165, 1.54) is 24.3 Å². The molecule has 0 saturated heterocycles. The van der Waals surface area contributed by atoms with Crippen molar-refractivity contribution in [3.63, 3.8) is 0 Å². The van der Waals surface area contributed by atoms with Crippen LogP contribution in [-0.4, -0.2) is 10.9 Å². The summed E-state index contributed by atoms with van der Waals surface area (Å²) in [7, 11) is 0. The summed E-state index contributed by atoms with van der Waals surface area (Å²) in [4.78, 5) is 12.1. The lowest BCUT2D eigenvalue weighted by molar-refractivity contribution is 0.102. The molecule has 102 valence electrons. The van der Waals surface area contributed by atoms with Gasteiger partial charge in [0.1, 0.15) is 4.99 Å². The van der Waals surface area contributed by atoms with E-state index in [0.717, 1.165) is 6.07 Å². The molecule has 20 heavy (non-hydrogen) atoms. The quantitative estimate of drug-likeness (QED) is 0.855. The van der Waals surface area contributed by atoms with Crippen LogP contribution >= 0.6 is 12.2 Å². The average Bonchev–Trinajstić information content (AvgIpc) is 2.44. The standard InChI is InChI=1S/C14H10F2N2OS/c15-10-2-1-3-11(12(10)16)18-14(19)9-6-4-8(5-7-9)13(17)20/h1-7H,(H2,17,20)(H,18,19). The van der Waals surface area contributed by atoms with Crippen LogP contribution in [0.15, 0.2) is 42.5 Å². The van der Waals surface area contributed by atoms with Gasteiger partial charge < -0.3 is 11.1 Å². The van der Waals surface area contributed by atoms with Gasteiger partial charge >= 0.3 is 0 Å². The van der Waals surface area contributed by atoms with Gasteiger partial charge in [-0.2, -0.15) is 0 Å². The Hall–Kier alpha value is -2.34. The van der Waals surface area contributed by atoms with Gasteiger partial charge in [-0.05, 0) is 24.3 Å². The molecular formula is C14H10F2N2OS. The predicted molar refractivity (Wildman–Crippen MR) is 76.6 cm³/mol. The predicted octanol–water partition coefficient (Wildman–Crippen LogP) is 2.85. The topological polar surface area (TPSA) is 55.1 Å². The third-order valence-electron chi connectivity index (χ3n) is 2.63. The fourth-order valence-electron chi connectivity index (χ4n) is 1.58. The second kappa shape index (κ2) is 5.75. The van der Waals surface area contributed by atoms with Crippen LogP contribution in [0.5, 0.6) is 0 Å². The van der Waals surface area contributed by atoms with E-state index < -0.39 is 17.5 Å². The molecule has 2 aromatic carbocycles. The zero-order valence-electron chi connectivity index (χ0n) is 10.2. The molecule has 0 aliphatic rings. The molecule has 0 saturated carbocycles. The van der Waals surface area contributed by atoms with E-state index in [-0.39, 0.29) is 16.2 Å². The highest BCUT2D eigenvalue weighted by molar-refractivity contribution is 7.80. The van der Waals surface area contributed by atoms with Crippen molar-refractivity contribution in [1.29, 1.82) is 0 Å². The zero-order chi connectivity index (χ0) is 14.7. The zero-order valence-corrected chi connectivity index (χ0v) is 11.0. The summed E-state index contributed by atoms with van der Waals surface area (Å²) < 4.78 is 26.4. The van der Waals surface area contributed by atoms with Crippen molar-refractivity contribution in [1.82, 2.24) is 0 Å². The monoisotopic (exact) mass is 292 g/mol. The molecule has 6 heteroatoms. The first-order valence-electron chi connectivity index (χ1n) is 5.64. The molecule has 3 nitrogen and oxygen atoms in total. The SMILES string of the molecule is NC(=S)c1ccc(C(=O)Nc2cccc(F)c2F)cc1. The summed E-state index contributed by atoms with van der Waals surface area (Å²) in [5, 5.41) is 2.30. The summed E-state index contributed by atoms with van der Waals surface area (Å²) in [6, 6.07) is 9.73. The van der Waals surface area contributed by atoms with Crippen molar-refractivity contribution in [2.24, 2.45) is 5.73 Å². The Balaban J connectivity index is 2.20. The van der Waals surface area contributed by atoms with Crippen molar-refractivity contribution in [2.45, 2.75) is 0 Å². The molecular weight excluding hydrogens is 282 g/mol. The Morgan fingerprint density at radius 3 is 2.25 bits per heavy atom. The lowest BCUT2D eigenvalue weighted by Crippen LogP contribution is -2.14. The highest BCUT2D eigenvalue weighted by Crippen LogP contribution is 2.17. The Morgan fingerprint density at radius 1 is 1.05 bits per heavy atom. The molecule has 0 aromatic heterocycles. The van der Waals surface area contributed by atoms with Gasteiger partial charge in [0.2, 0.25) is 0 Å². The maximum atomic E-state index is 13.4. The number of carbonyl (C=O) groups excluding carboxylic acids is 1. The highest BCUT2D eigenvalue weighted by Gasteiger charge is 2.12. The number of hydrogen-bond acceptors (Lipinski definition) is 2. The maximum Gasteiger partial charge on any atom is 0.255 e. The molecule has 0 unspecified atom stereocenters. The van der Waals surface area contributed by atoms with Crippen LogP contribution in [0.25, 0.3) is 0 Å². The number of thiocarbonyl (C=S) groups is 1. The molecule has 3 N–H and O–H groups in total. The first-order chi connectivity index (χ1) is 9.49. The van der Waals surface area contributed by atoms with Crippen LogP contribution in [0.1, 0.15) is 15.9 Å². The van der Waals surface area contributed by atoms with Crippen molar-refractivity contribution >= 4 is 28.8 Å². The number of halogens is 2. The Bertz CT molecular complexity index is 671. The first-order valence-corrected chi connectivity index (χ1v) is 6.05. The fraction of sp³-hybridized carbons (Fsp3) is 0. The van der Waals surface area contributed by atoms with Crippen molar-refractivity contribution in [3.05, 3.63) is 65.2 Å². The van der Waals surface area contributed by atoms with Crippen LogP contribution in [0.4, 0.5) is 14.5 Å². The molecule has 0 aliphatic heterocycles. The number of nitrogens with two attached hydrogens (primary N) is 1. The van der Waals surface area contributed by atoms with E-state index in [0.29, 0.717) is 5.56 Å². The van der Waals surface area contributed by atoms with Gasteiger partial charge in [0.15, 0.2) is 11.6 Å². The molecule has 0 atom stereocenters. The first kappa shape index (κ1) is 14.1. The Kier molecular flexibility index (Phi) is 4.05. The van der Waals surface area contributed by atoms with Gasteiger partial charge in [0, 0.05) is 11.1 Å². The molecule has 0 fully saturated rings. The van der Waals surface area contributed by atoms with E-state index in [1.807, 2.05) is 0 Å². The Morgan fingerprint density at radius 2 is 1.65 bits per heavy atom. The molecule has 0 radical (unpaired) electrons. The van der Waals surface area contributed by atoms with E-state index in [9.17, 15) is 13.6 Å². The number of benzene rings is 2. The van der Waals surface area contributed by atoms with Gasteiger partial charge in [0.05, 0.1) is 5.69 Å². The smallest absolute Gasteiger partial charge is 0.255 e. The molecule has 0 aliphatic carbocycles. The number of amides is 1. The summed E-state index contributed by atoms with van der Waals surface area (Å²) in [5.41, 5.74) is 6.13. The molecule has 0 heterocycles. The summed E-state index contributed by atoms with van der Waals surface area (Å²) in [6.07, 6.45) is 0. The second-order valence-corrected chi connectivity index (χ2v) is 4.44. The summed E-state index contributed by atoms with van der Waals surface area (Å²) >= 11 is 4.79. The van der Waals surface area contributed by atoms with Crippen LogP contribution in [0, 0.1) is 11.6 Å². The lowest BCUT2D eigenvalue weighted by Gasteiger charge is -2.07. The van der Waals surface area contributed by atoms with Crippen molar-refractivity contribution in [3.8, 4) is 0 Å². The molecule has 0 spiro atoms. The number of nitrogens with one attached hydrogen (secondary N) is 1. The Labute approximate surface area is 119 Å². The second-order valence-electron chi connectivity index (χ2n) is 4.00. The number of anilines is 1. The number of hydrogen-bond donors (Lipinski definition) is 2. The minimum Gasteiger partial charge on any atom is -0.389 e. The molecule has 2 aromatic rings. The van der Waals surface area contributed by atoms with Gasteiger partial charge in [-0.15, -0.1) is 0 Å². The van der Waals surface area contributed by atoms with E-state index in [4.69, 9.17) is 18.0 Å². The van der Waals surface area contributed by atoms with Crippen LogP contribution in [0.2, 0.25) is 0 Å². The third-order valence-corrected chi connectivity index (χ3v) is 2.87. The molecule has 0 bridgehead atoms. The normalized spacial score (nSPS) is 10.1. The van der Waals surface area contributed by atoms with Crippen LogP contribution in [-0.2, 0) is 0 Å². The molecule has 2 rings (SSSR count). The van der Waals surface area contributed by atoms with Gasteiger partial charge in [-0.1, -0.05) is 30.4 Å². The van der Waals surface area contributed by atoms with Gasteiger partial charge in [0.25, 0.3) is 5.91 Å². The van der Waals surface area contributed by atoms with Gasteiger partial charge in [-0.3, -0.25) is 4.79 Å². The lowest BCUT2D eigenvalue weighted by atomic mass is 10.1. The van der Waals surface area contributed by atoms with Crippen LogP contribution in [0.3, 0.4) is 0 Å². The minimum absolute atomic E-state index is 0.214. The molecule has 1 amide bonds. The summed E-state index contributed by atoms with van der Waals surface area (Å²) in [6.45, 7) is 0. The van der Waals surface area contributed by atoms with E-state index in [2.05, 4.69) is 5.32 Å². The van der Waals surface area contributed by atoms with Crippen molar-refractivity contribution in [2.75, 3.05) is 5.32 Å². The highest BCUT2D eigenvalue weighted by atomic mass is 32.1. The van der Waals surface area contributed by atoms with E-state index in [1.54, 1.807) is 12.1 Å². The summed E-state index contributed by atoms with van der Waals surface area (Å²) in [5.74, 6) is -2.67. The number of carbonyl (C=O) groups is 1. The van der Waals surface area contributed by atoms with Crippen molar-refractivity contribution < 1.29 is 13.6 Å². The number of rotatable bonds is 3. The average molecular weight is 292 g/mol. The third kappa shape index (κ3) is 2.97. The maximum absolute atomic E-state index is 13.4. The van der Waals surface area contributed by atoms with E-state index >= 15 is 0 Å². The van der Waals surface area contributed by atoms with Gasteiger partial charge in [-0.25, -0.2) is 8.78 Å². The van der Waals surface area contributed by atoms with Crippen LogP contribution < -0.4 is 11.1 Å². The largest absolute Gasteiger partial charge is 0.389 e.